The molecule has 1 aliphatic heterocycles. The van der Waals surface area contributed by atoms with Crippen LogP contribution in [0.15, 0.2) is 48.5 Å². The lowest BCUT2D eigenvalue weighted by Crippen LogP contribution is -2.51. The number of para-hydroxylation sites is 1. The molecule has 5 rings (SSSR count). The van der Waals surface area contributed by atoms with Crippen LogP contribution in [0.1, 0.15) is 56.6 Å². The first-order valence-corrected chi connectivity index (χ1v) is 12.8. The fraction of sp³-hybridized carbons (Fsp3) is 0.481. The molecule has 1 N–H and O–H groups in total. The molecule has 2 aliphatic rings. The van der Waals surface area contributed by atoms with Crippen LogP contribution in [-0.2, 0) is 20.9 Å². The van der Waals surface area contributed by atoms with E-state index in [1.54, 1.807) is 21.7 Å². The van der Waals surface area contributed by atoms with E-state index in [0.29, 0.717) is 24.2 Å². The quantitative estimate of drug-likeness (QED) is 0.516. The summed E-state index contributed by atoms with van der Waals surface area (Å²) in [5, 5.41) is 11.4. The Bertz CT molecular complexity index is 1190. The number of benzene rings is 2. The van der Waals surface area contributed by atoms with Crippen molar-refractivity contribution in [2.24, 2.45) is 0 Å². The van der Waals surface area contributed by atoms with E-state index in [1.807, 2.05) is 24.3 Å². The van der Waals surface area contributed by atoms with Gasteiger partial charge in [0, 0.05) is 19.2 Å². The Labute approximate surface area is 209 Å². The summed E-state index contributed by atoms with van der Waals surface area (Å²) in [5.74, 6) is -0.875. The highest BCUT2D eigenvalue weighted by Gasteiger charge is 2.37. The maximum Gasteiger partial charge on any atom is 0.247 e. The van der Waals surface area contributed by atoms with E-state index in [4.69, 9.17) is 4.74 Å². The lowest BCUT2D eigenvalue weighted by atomic mass is 9.91. The topological polar surface area (TPSA) is 89.4 Å². The maximum atomic E-state index is 14.0. The first kappa shape index (κ1) is 24.4. The number of fused-ring (bicyclic) bond motifs is 1. The number of nitrogens with one attached hydrogen (secondary N) is 1. The van der Waals surface area contributed by atoms with Gasteiger partial charge in [-0.05, 0) is 55.5 Å². The van der Waals surface area contributed by atoms with E-state index in [-0.39, 0.29) is 36.3 Å². The fourth-order valence-electron chi connectivity index (χ4n) is 5.36. The molecule has 2 heterocycles. The van der Waals surface area contributed by atoms with Crippen molar-refractivity contribution in [2.75, 3.05) is 13.2 Å². The monoisotopic (exact) mass is 493 g/mol. The van der Waals surface area contributed by atoms with Crippen LogP contribution in [0.25, 0.3) is 11.0 Å². The number of amides is 2. The van der Waals surface area contributed by atoms with Crippen molar-refractivity contribution < 1.29 is 18.7 Å². The van der Waals surface area contributed by atoms with Gasteiger partial charge >= 0.3 is 0 Å². The predicted octanol–water partition coefficient (Wildman–Crippen LogP) is 3.77. The summed E-state index contributed by atoms with van der Waals surface area (Å²) in [4.78, 5) is 29.4. The van der Waals surface area contributed by atoms with E-state index in [2.05, 4.69) is 15.6 Å². The minimum absolute atomic E-state index is 0.0248. The molecule has 0 spiro atoms. The van der Waals surface area contributed by atoms with Crippen molar-refractivity contribution in [3.05, 3.63) is 59.9 Å². The Morgan fingerprint density at radius 1 is 1.06 bits per heavy atom. The lowest BCUT2D eigenvalue weighted by molar-refractivity contribution is -0.145. The molecular formula is C27H32FN5O3. The van der Waals surface area contributed by atoms with Gasteiger partial charge in [-0.2, -0.15) is 0 Å². The summed E-state index contributed by atoms with van der Waals surface area (Å²) in [6.07, 6.45) is 6.58. The van der Waals surface area contributed by atoms with Gasteiger partial charge in [0.05, 0.1) is 11.6 Å². The van der Waals surface area contributed by atoms with Crippen LogP contribution in [0.4, 0.5) is 4.39 Å². The number of ether oxygens (including phenoxy) is 1. The lowest BCUT2D eigenvalue weighted by Gasteiger charge is -2.39. The number of nitrogens with zero attached hydrogens (tertiary/aromatic N) is 4. The molecule has 8 nitrogen and oxygen atoms in total. The number of hydrogen-bond donors (Lipinski definition) is 1. The molecule has 2 fully saturated rings. The Kier molecular flexibility index (Phi) is 7.55. The minimum atomic E-state index is -0.877. The van der Waals surface area contributed by atoms with Gasteiger partial charge in [-0.1, -0.05) is 48.7 Å². The molecule has 0 bridgehead atoms. The SMILES string of the molecule is O=C(NC[C@H]1CCCO1)[C@H](c1ccc(F)cc1)N(C(=O)Cn1nnc2ccccc21)C1CCCCC1. The molecule has 2 aromatic carbocycles. The van der Waals surface area contributed by atoms with Crippen LogP contribution in [0.5, 0.6) is 0 Å². The molecule has 1 saturated carbocycles. The third-order valence-electron chi connectivity index (χ3n) is 7.20. The first-order valence-electron chi connectivity index (χ1n) is 12.8. The summed E-state index contributed by atoms with van der Waals surface area (Å²) in [5.41, 5.74) is 2.05. The second-order valence-electron chi connectivity index (χ2n) is 9.66. The average molecular weight is 494 g/mol. The van der Waals surface area contributed by atoms with Gasteiger partial charge in [-0.3, -0.25) is 9.59 Å². The standard InChI is InChI=1S/C27H32FN5O3/c28-20-14-12-19(13-15-20)26(27(35)29-17-22-9-6-16-36-22)33(21-7-2-1-3-8-21)25(34)18-32-24-11-5-4-10-23(24)30-31-32/h4-5,10-15,21-22,26H,1-3,6-9,16-18H2,(H,29,35)/t22-,26+/m1/s1. The molecule has 2 amide bonds. The highest BCUT2D eigenvalue weighted by Crippen LogP contribution is 2.32. The van der Waals surface area contributed by atoms with E-state index in [9.17, 15) is 14.0 Å². The van der Waals surface area contributed by atoms with Crippen LogP contribution in [-0.4, -0.2) is 57.0 Å². The number of rotatable bonds is 8. The zero-order valence-electron chi connectivity index (χ0n) is 20.3. The molecule has 190 valence electrons. The van der Waals surface area contributed by atoms with Crippen LogP contribution >= 0.6 is 0 Å². The van der Waals surface area contributed by atoms with Gasteiger partial charge in [0.1, 0.15) is 23.9 Å². The third-order valence-corrected chi connectivity index (χ3v) is 7.20. The van der Waals surface area contributed by atoms with Crippen molar-refractivity contribution in [1.29, 1.82) is 0 Å². The smallest absolute Gasteiger partial charge is 0.247 e. The van der Waals surface area contributed by atoms with Gasteiger partial charge in [0.15, 0.2) is 0 Å². The highest BCUT2D eigenvalue weighted by molar-refractivity contribution is 5.89. The maximum absolute atomic E-state index is 14.0. The molecule has 0 unspecified atom stereocenters. The molecule has 3 aromatic rings. The van der Waals surface area contributed by atoms with E-state index < -0.39 is 6.04 Å². The number of halogens is 1. The largest absolute Gasteiger partial charge is 0.376 e. The molecular weight excluding hydrogens is 461 g/mol. The van der Waals surface area contributed by atoms with Gasteiger partial charge < -0.3 is 15.0 Å². The Balaban J connectivity index is 1.47. The number of aromatic nitrogens is 3. The Hall–Kier alpha value is -3.33. The zero-order valence-corrected chi connectivity index (χ0v) is 20.3. The van der Waals surface area contributed by atoms with Gasteiger partial charge in [0.25, 0.3) is 0 Å². The van der Waals surface area contributed by atoms with Gasteiger partial charge in [0.2, 0.25) is 11.8 Å². The predicted molar refractivity (Wildman–Crippen MR) is 132 cm³/mol. The van der Waals surface area contributed by atoms with E-state index in [0.717, 1.165) is 50.5 Å². The fourth-order valence-corrected chi connectivity index (χ4v) is 5.36. The summed E-state index contributed by atoms with van der Waals surface area (Å²) in [6, 6.07) is 12.4. The van der Waals surface area contributed by atoms with Gasteiger partial charge in [-0.15, -0.1) is 5.10 Å². The zero-order chi connectivity index (χ0) is 24.9. The van der Waals surface area contributed by atoms with Crippen molar-refractivity contribution in [3.63, 3.8) is 0 Å². The minimum Gasteiger partial charge on any atom is -0.376 e. The summed E-state index contributed by atoms with van der Waals surface area (Å²) in [6.45, 7) is 1.05. The van der Waals surface area contributed by atoms with Crippen molar-refractivity contribution in [2.45, 2.75) is 69.7 Å². The Morgan fingerprint density at radius 2 is 1.83 bits per heavy atom. The van der Waals surface area contributed by atoms with Crippen molar-refractivity contribution >= 4 is 22.8 Å². The third kappa shape index (κ3) is 5.41. The average Bonchev–Trinajstić information content (AvgIpc) is 3.57. The van der Waals surface area contributed by atoms with Crippen LogP contribution in [0.2, 0.25) is 0 Å². The second kappa shape index (κ2) is 11.2. The normalized spacial score (nSPS) is 19.3. The van der Waals surface area contributed by atoms with E-state index >= 15 is 0 Å². The number of carbonyl (C=O) groups excluding carboxylic acids is 2. The molecule has 1 aromatic heterocycles. The number of carbonyl (C=O) groups is 2. The van der Waals surface area contributed by atoms with Crippen molar-refractivity contribution in [1.82, 2.24) is 25.2 Å². The number of hydrogen-bond acceptors (Lipinski definition) is 5. The highest BCUT2D eigenvalue weighted by atomic mass is 19.1. The van der Waals surface area contributed by atoms with Crippen LogP contribution in [0.3, 0.4) is 0 Å². The Morgan fingerprint density at radius 3 is 2.58 bits per heavy atom. The summed E-state index contributed by atoms with van der Waals surface area (Å²) in [7, 11) is 0. The summed E-state index contributed by atoms with van der Waals surface area (Å²) >= 11 is 0. The molecule has 1 saturated heterocycles. The first-order chi connectivity index (χ1) is 17.6. The van der Waals surface area contributed by atoms with Crippen LogP contribution < -0.4 is 5.32 Å². The molecule has 36 heavy (non-hydrogen) atoms. The second-order valence-corrected chi connectivity index (χ2v) is 9.66. The van der Waals surface area contributed by atoms with Gasteiger partial charge in [-0.25, -0.2) is 9.07 Å². The molecule has 0 radical (unpaired) electrons. The van der Waals surface area contributed by atoms with Crippen LogP contribution in [0, 0.1) is 5.82 Å². The molecule has 1 aliphatic carbocycles. The van der Waals surface area contributed by atoms with Crippen molar-refractivity contribution in [3.8, 4) is 0 Å². The van der Waals surface area contributed by atoms with E-state index in [1.165, 1.54) is 12.1 Å². The molecule has 9 heteroatoms. The molecule has 2 atom stereocenters. The summed E-state index contributed by atoms with van der Waals surface area (Å²) < 4.78 is 21.1.